The molecule has 2 heterocycles. The summed E-state index contributed by atoms with van der Waals surface area (Å²) in [5.41, 5.74) is -0.309. The van der Waals surface area contributed by atoms with Crippen molar-refractivity contribution in [2.75, 3.05) is 0 Å². The summed E-state index contributed by atoms with van der Waals surface area (Å²) in [6.45, 7) is 0. The van der Waals surface area contributed by atoms with Gasteiger partial charge >= 0.3 is 0 Å². The first-order chi connectivity index (χ1) is 9.25. The molecule has 5 nitrogen and oxygen atoms in total. The molecule has 0 aliphatic carbocycles. The minimum Gasteiger partial charge on any atom is -0.494 e. The van der Waals surface area contributed by atoms with Crippen LogP contribution in [0.3, 0.4) is 0 Å². The van der Waals surface area contributed by atoms with Crippen molar-refractivity contribution < 1.29 is 9.84 Å². The van der Waals surface area contributed by atoms with Gasteiger partial charge in [0, 0.05) is 27.6 Å². The number of hydrogen-bond acceptors (Lipinski definition) is 4. The Kier molecular flexibility index (Phi) is 1.79. The number of H-pyrrole nitrogens is 1. The van der Waals surface area contributed by atoms with Gasteiger partial charge in [-0.1, -0.05) is 12.1 Å². The number of aromatic amines is 1. The number of rotatable bonds is 0. The van der Waals surface area contributed by atoms with Gasteiger partial charge < -0.3 is 9.84 Å². The third-order valence-corrected chi connectivity index (χ3v) is 3.34. The average Bonchev–Trinajstić information content (AvgIpc) is 2.44. The number of ether oxygens (including phenoxy) is 1. The Morgan fingerprint density at radius 2 is 2.05 bits per heavy atom. The number of benzene rings is 2. The fourth-order valence-electron chi connectivity index (χ4n) is 2.52. The number of nitrogens with zero attached hydrogens (tertiary/aromatic N) is 1. The van der Waals surface area contributed by atoms with Gasteiger partial charge in [0.15, 0.2) is 12.3 Å². The van der Waals surface area contributed by atoms with Gasteiger partial charge in [0.25, 0.3) is 5.56 Å². The Hall–Kier alpha value is -2.82. The van der Waals surface area contributed by atoms with Crippen LogP contribution in [0, 0.1) is 0 Å². The lowest BCUT2D eigenvalue weighted by atomic mass is 10.0. The molecular formula is C14H8N2O3. The molecule has 0 saturated carbocycles. The molecule has 2 N–H and O–H groups in total. The number of hydrogen-bond donors (Lipinski definition) is 2. The van der Waals surface area contributed by atoms with Crippen LogP contribution in [0.25, 0.3) is 27.7 Å². The van der Waals surface area contributed by atoms with Crippen molar-refractivity contribution in [2.45, 2.75) is 0 Å². The van der Waals surface area contributed by atoms with Crippen LogP contribution < -0.4 is 15.5 Å². The molecule has 1 aliphatic rings. The summed E-state index contributed by atoms with van der Waals surface area (Å²) in [4.78, 5) is 18.3. The molecule has 1 aliphatic heterocycles. The minimum atomic E-state index is -0.309. The van der Waals surface area contributed by atoms with Crippen LogP contribution in [0.5, 0.6) is 11.6 Å². The fraction of sp³-hybridized carbons (Fsp3) is 0. The van der Waals surface area contributed by atoms with Gasteiger partial charge in [-0.2, -0.15) is 0 Å². The maximum Gasteiger partial charge on any atom is 0.258 e. The van der Waals surface area contributed by atoms with Gasteiger partial charge in [-0.3, -0.25) is 9.78 Å². The van der Waals surface area contributed by atoms with Crippen molar-refractivity contribution in [3.63, 3.8) is 0 Å². The van der Waals surface area contributed by atoms with Crippen LogP contribution in [-0.4, -0.2) is 16.5 Å². The second-order valence-corrected chi connectivity index (χ2v) is 4.37. The molecule has 4 rings (SSSR count). The summed E-state index contributed by atoms with van der Waals surface area (Å²) >= 11 is 0. The molecule has 0 bridgehead atoms. The van der Waals surface area contributed by atoms with E-state index in [1.165, 1.54) is 6.40 Å². The first-order valence-corrected chi connectivity index (χ1v) is 5.74. The van der Waals surface area contributed by atoms with Gasteiger partial charge in [-0.05, 0) is 17.5 Å². The molecule has 0 saturated heterocycles. The molecule has 0 fully saturated rings. The molecule has 0 amide bonds. The van der Waals surface area contributed by atoms with Crippen LogP contribution in [0.2, 0.25) is 0 Å². The summed E-state index contributed by atoms with van der Waals surface area (Å²) in [7, 11) is 0. The summed E-state index contributed by atoms with van der Waals surface area (Å²) in [6.07, 6.45) is 3.02. The van der Waals surface area contributed by atoms with Crippen LogP contribution in [-0.2, 0) is 0 Å². The zero-order valence-corrected chi connectivity index (χ0v) is 9.68. The van der Waals surface area contributed by atoms with E-state index in [0.29, 0.717) is 16.5 Å². The van der Waals surface area contributed by atoms with Crippen LogP contribution in [0.15, 0.2) is 34.1 Å². The Labute approximate surface area is 106 Å². The van der Waals surface area contributed by atoms with Crippen molar-refractivity contribution in [3.8, 4) is 11.6 Å². The molecule has 1 aromatic heterocycles. The summed E-state index contributed by atoms with van der Waals surface area (Å²) in [5.74, 6) is 0.458. The number of pyridine rings is 1. The van der Waals surface area contributed by atoms with E-state index in [0.717, 1.165) is 16.0 Å². The standard InChI is InChI=1S/C14H8N2O3/c17-13-8-3-1-2-7-10-5-15-6-19-11(10)4-9(12(7)8)14(18)16-13/h1-6H,(H2,16,17,18). The predicted octanol–water partition coefficient (Wildman–Crippen LogP) is 1.26. The molecular weight excluding hydrogens is 244 g/mol. The lowest BCUT2D eigenvalue weighted by molar-refractivity contribution is 0.459. The maximum absolute atomic E-state index is 11.9. The van der Waals surface area contributed by atoms with Crippen molar-refractivity contribution in [1.29, 1.82) is 0 Å². The fourth-order valence-corrected chi connectivity index (χ4v) is 2.52. The van der Waals surface area contributed by atoms with E-state index in [1.54, 1.807) is 24.4 Å². The van der Waals surface area contributed by atoms with E-state index < -0.39 is 0 Å². The van der Waals surface area contributed by atoms with Crippen molar-refractivity contribution in [1.82, 2.24) is 4.98 Å². The Bertz CT molecular complexity index is 970. The molecule has 19 heavy (non-hydrogen) atoms. The molecule has 3 aromatic rings. The van der Waals surface area contributed by atoms with E-state index in [4.69, 9.17) is 4.74 Å². The molecule has 0 atom stereocenters. The number of aromatic nitrogens is 1. The second-order valence-electron chi connectivity index (χ2n) is 4.37. The Morgan fingerprint density at radius 1 is 1.21 bits per heavy atom. The predicted molar refractivity (Wildman–Crippen MR) is 72.5 cm³/mol. The first-order valence-electron chi connectivity index (χ1n) is 5.74. The number of aromatic hydroxyl groups is 1. The normalized spacial score (nSPS) is 13.3. The van der Waals surface area contributed by atoms with E-state index in [-0.39, 0.29) is 11.4 Å². The van der Waals surface area contributed by atoms with Crippen LogP contribution in [0.4, 0.5) is 0 Å². The van der Waals surface area contributed by atoms with E-state index in [1.807, 2.05) is 6.07 Å². The van der Waals surface area contributed by atoms with Gasteiger partial charge in [-0.25, -0.2) is 4.99 Å². The van der Waals surface area contributed by atoms with Crippen LogP contribution >= 0.6 is 0 Å². The van der Waals surface area contributed by atoms with Gasteiger partial charge in [-0.15, -0.1) is 0 Å². The average molecular weight is 252 g/mol. The molecule has 0 spiro atoms. The number of fused-ring (bicyclic) bond motifs is 2. The monoisotopic (exact) mass is 252 g/mol. The Morgan fingerprint density at radius 3 is 2.95 bits per heavy atom. The van der Waals surface area contributed by atoms with Crippen molar-refractivity contribution >= 4 is 34.1 Å². The highest BCUT2D eigenvalue weighted by Crippen LogP contribution is 2.30. The third-order valence-electron chi connectivity index (χ3n) is 3.34. The van der Waals surface area contributed by atoms with E-state index in [2.05, 4.69) is 9.98 Å². The SMILES string of the molecule is O=c1[nH]c(O)c2cc3c(c4cccc1c24)=CN=CO3. The van der Waals surface area contributed by atoms with Gasteiger partial charge in [0.1, 0.15) is 5.75 Å². The molecule has 0 unspecified atom stereocenters. The number of aliphatic imine (C=N–C) groups is 1. The third kappa shape index (κ3) is 1.24. The lowest BCUT2D eigenvalue weighted by Crippen LogP contribution is -2.14. The quantitative estimate of drug-likeness (QED) is 0.632. The van der Waals surface area contributed by atoms with Crippen molar-refractivity contribution in [3.05, 3.63) is 39.8 Å². The first kappa shape index (κ1) is 10.1. The maximum atomic E-state index is 11.9. The molecule has 2 aromatic carbocycles. The molecule has 0 radical (unpaired) electrons. The van der Waals surface area contributed by atoms with Crippen LogP contribution in [0.1, 0.15) is 0 Å². The summed E-state index contributed by atoms with van der Waals surface area (Å²) in [5, 5.41) is 13.4. The highest BCUT2D eigenvalue weighted by molar-refractivity contribution is 6.12. The zero-order chi connectivity index (χ0) is 13.0. The smallest absolute Gasteiger partial charge is 0.258 e. The number of nitrogens with one attached hydrogen (secondary N) is 1. The highest BCUT2D eigenvalue weighted by Gasteiger charge is 2.14. The van der Waals surface area contributed by atoms with E-state index >= 15 is 0 Å². The highest BCUT2D eigenvalue weighted by atomic mass is 16.5. The molecule has 92 valence electrons. The minimum absolute atomic E-state index is 0.150. The topological polar surface area (TPSA) is 74.7 Å². The Balaban J connectivity index is 2.43. The molecule has 5 heteroatoms. The van der Waals surface area contributed by atoms with E-state index in [9.17, 15) is 9.90 Å². The zero-order valence-electron chi connectivity index (χ0n) is 9.68. The largest absolute Gasteiger partial charge is 0.494 e. The van der Waals surface area contributed by atoms with Gasteiger partial charge in [0.2, 0.25) is 0 Å². The summed E-state index contributed by atoms with van der Waals surface area (Å²) in [6, 6.07) is 7.12. The lowest BCUT2D eigenvalue weighted by Gasteiger charge is -2.12. The summed E-state index contributed by atoms with van der Waals surface area (Å²) < 4.78 is 5.35. The second kappa shape index (κ2) is 3.35. The van der Waals surface area contributed by atoms with Crippen molar-refractivity contribution in [2.24, 2.45) is 4.99 Å². The van der Waals surface area contributed by atoms with Gasteiger partial charge in [0.05, 0.1) is 0 Å².